The van der Waals surface area contributed by atoms with Crippen LogP contribution in [0.2, 0.25) is 0 Å². The first-order chi connectivity index (χ1) is 11.2. The number of nitrogens with zero attached hydrogens (tertiary/aromatic N) is 2. The van der Waals surface area contributed by atoms with Crippen molar-refractivity contribution in [2.45, 2.75) is 58.0 Å². The zero-order valence-electron chi connectivity index (χ0n) is 14.6. The molecule has 1 aromatic heterocycles. The number of rotatable bonds is 5. The lowest BCUT2D eigenvalue weighted by Gasteiger charge is -2.44. The third-order valence-electron chi connectivity index (χ3n) is 5.62. The Morgan fingerprint density at radius 1 is 1.13 bits per heavy atom. The Kier molecular flexibility index (Phi) is 5.42. The highest BCUT2D eigenvalue weighted by molar-refractivity contribution is 5.80. The standard InChI is InChI=1S/C19H31N3O/c1-15(2)18(22-11-5-6-12-22)19(23)20-14-16-8-7-13-21-10-4-3-9-17(16)21/h5-6,11-12,15-18H,3-4,7-10,13-14H2,1-2H3,(H,20,23)/t16-,17+,18+/m1/s1. The third-order valence-corrected chi connectivity index (χ3v) is 5.62. The summed E-state index contributed by atoms with van der Waals surface area (Å²) >= 11 is 0. The Labute approximate surface area is 140 Å². The molecular formula is C19H31N3O. The molecule has 1 aromatic rings. The molecule has 23 heavy (non-hydrogen) atoms. The Morgan fingerprint density at radius 3 is 2.61 bits per heavy atom. The molecule has 3 rings (SSSR count). The van der Waals surface area contributed by atoms with E-state index in [9.17, 15) is 4.79 Å². The van der Waals surface area contributed by atoms with Crippen LogP contribution in [0, 0.1) is 11.8 Å². The maximum atomic E-state index is 12.7. The molecule has 0 unspecified atom stereocenters. The SMILES string of the molecule is CC(C)[C@@H](C(=O)NC[C@H]1CCCN2CCCC[C@@H]12)n1cccc1. The first-order valence-corrected chi connectivity index (χ1v) is 9.31. The maximum Gasteiger partial charge on any atom is 0.243 e. The van der Waals surface area contributed by atoms with Gasteiger partial charge < -0.3 is 14.8 Å². The lowest BCUT2D eigenvalue weighted by molar-refractivity contribution is -0.126. The van der Waals surface area contributed by atoms with E-state index in [0.717, 1.165) is 6.54 Å². The molecule has 3 heterocycles. The van der Waals surface area contributed by atoms with Crippen molar-refractivity contribution in [1.82, 2.24) is 14.8 Å². The van der Waals surface area contributed by atoms with E-state index in [4.69, 9.17) is 0 Å². The predicted octanol–water partition coefficient (Wildman–Crippen LogP) is 3.07. The number of aromatic nitrogens is 1. The summed E-state index contributed by atoms with van der Waals surface area (Å²) in [4.78, 5) is 15.4. The van der Waals surface area contributed by atoms with Crippen LogP contribution in [0.4, 0.5) is 0 Å². The quantitative estimate of drug-likeness (QED) is 0.906. The zero-order chi connectivity index (χ0) is 16.2. The van der Waals surface area contributed by atoms with Crippen LogP contribution < -0.4 is 5.32 Å². The molecule has 1 amide bonds. The molecule has 0 bridgehead atoms. The molecule has 3 atom stereocenters. The van der Waals surface area contributed by atoms with Crippen molar-refractivity contribution in [2.24, 2.45) is 11.8 Å². The molecule has 128 valence electrons. The van der Waals surface area contributed by atoms with Gasteiger partial charge >= 0.3 is 0 Å². The first-order valence-electron chi connectivity index (χ1n) is 9.31. The summed E-state index contributed by atoms with van der Waals surface area (Å²) in [5.74, 6) is 1.09. The second kappa shape index (κ2) is 7.52. The number of nitrogens with one attached hydrogen (secondary N) is 1. The Hall–Kier alpha value is -1.29. The van der Waals surface area contributed by atoms with Gasteiger partial charge in [0.25, 0.3) is 0 Å². The molecule has 0 radical (unpaired) electrons. The fraction of sp³-hybridized carbons (Fsp3) is 0.737. The molecule has 2 aliphatic heterocycles. The molecule has 4 nitrogen and oxygen atoms in total. The van der Waals surface area contributed by atoms with E-state index < -0.39 is 0 Å². The number of carbonyl (C=O) groups excluding carboxylic acids is 1. The lowest BCUT2D eigenvalue weighted by atomic mass is 9.83. The number of hydrogen-bond donors (Lipinski definition) is 1. The van der Waals surface area contributed by atoms with Crippen molar-refractivity contribution >= 4 is 5.91 Å². The van der Waals surface area contributed by atoms with Crippen molar-refractivity contribution in [1.29, 1.82) is 0 Å². The van der Waals surface area contributed by atoms with E-state index in [2.05, 4.69) is 24.1 Å². The van der Waals surface area contributed by atoms with E-state index in [-0.39, 0.29) is 11.9 Å². The highest BCUT2D eigenvalue weighted by Crippen LogP contribution is 2.30. The minimum absolute atomic E-state index is 0.101. The van der Waals surface area contributed by atoms with Crippen LogP contribution in [0.15, 0.2) is 24.5 Å². The van der Waals surface area contributed by atoms with Crippen molar-refractivity contribution in [2.75, 3.05) is 19.6 Å². The maximum absolute atomic E-state index is 12.7. The molecule has 0 aromatic carbocycles. The topological polar surface area (TPSA) is 37.3 Å². The van der Waals surface area contributed by atoms with E-state index in [1.165, 1.54) is 45.2 Å². The van der Waals surface area contributed by atoms with Gasteiger partial charge in [-0.05, 0) is 62.7 Å². The van der Waals surface area contributed by atoms with Gasteiger partial charge in [-0.25, -0.2) is 0 Å². The van der Waals surface area contributed by atoms with Crippen molar-refractivity contribution in [3.05, 3.63) is 24.5 Å². The van der Waals surface area contributed by atoms with Crippen LogP contribution in [-0.2, 0) is 4.79 Å². The second-order valence-electron chi connectivity index (χ2n) is 7.57. The summed E-state index contributed by atoms with van der Waals surface area (Å²) in [6.07, 6.45) is 10.5. The summed E-state index contributed by atoms with van der Waals surface area (Å²) in [6.45, 7) is 7.59. The van der Waals surface area contributed by atoms with Crippen LogP contribution in [0.1, 0.15) is 52.0 Å². The summed E-state index contributed by atoms with van der Waals surface area (Å²) in [7, 11) is 0. The summed E-state index contributed by atoms with van der Waals surface area (Å²) in [5.41, 5.74) is 0. The molecule has 2 aliphatic rings. The number of carbonyl (C=O) groups is 1. The highest BCUT2D eigenvalue weighted by atomic mass is 16.2. The molecule has 0 saturated carbocycles. The van der Waals surface area contributed by atoms with Gasteiger partial charge in [-0.3, -0.25) is 4.79 Å². The van der Waals surface area contributed by atoms with E-state index in [1.54, 1.807) is 0 Å². The average molecular weight is 317 g/mol. The van der Waals surface area contributed by atoms with Gasteiger partial charge in [0.2, 0.25) is 5.91 Å². The number of piperidine rings is 2. The van der Waals surface area contributed by atoms with Crippen LogP contribution in [-0.4, -0.2) is 41.1 Å². The van der Waals surface area contributed by atoms with Crippen molar-refractivity contribution in [3.8, 4) is 0 Å². The zero-order valence-corrected chi connectivity index (χ0v) is 14.6. The molecule has 0 spiro atoms. The number of hydrogen-bond acceptors (Lipinski definition) is 2. The summed E-state index contributed by atoms with van der Waals surface area (Å²) < 4.78 is 2.04. The van der Waals surface area contributed by atoms with Gasteiger partial charge in [0.1, 0.15) is 6.04 Å². The molecule has 4 heteroatoms. The number of fused-ring (bicyclic) bond motifs is 1. The fourth-order valence-corrected chi connectivity index (χ4v) is 4.47. The fourth-order valence-electron chi connectivity index (χ4n) is 4.47. The largest absolute Gasteiger partial charge is 0.354 e. The number of amides is 1. The van der Waals surface area contributed by atoms with E-state index in [0.29, 0.717) is 17.9 Å². The van der Waals surface area contributed by atoms with Gasteiger partial charge in [-0.2, -0.15) is 0 Å². The Bertz CT molecular complexity index is 495. The van der Waals surface area contributed by atoms with Gasteiger partial charge in [0.05, 0.1) is 0 Å². The first kappa shape index (κ1) is 16.6. The van der Waals surface area contributed by atoms with Crippen LogP contribution in [0.3, 0.4) is 0 Å². The van der Waals surface area contributed by atoms with Crippen LogP contribution >= 0.6 is 0 Å². The minimum atomic E-state index is -0.101. The van der Waals surface area contributed by atoms with E-state index in [1.807, 2.05) is 29.1 Å². The van der Waals surface area contributed by atoms with Crippen molar-refractivity contribution < 1.29 is 4.79 Å². The van der Waals surface area contributed by atoms with Gasteiger partial charge in [0.15, 0.2) is 0 Å². The third kappa shape index (κ3) is 3.79. The predicted molar refractivity (Wildman–Crippen MR) is 93.3 cm³/mol. The monoisotopic (exact) mass is 317 g/mol. The lowest BCUT2D eigenvalue weighted by Crippen LogP contribution is -2.51. The van der Waals surface area contributed by atoms with Gasteiger partial charge in [-0.1, -0.05) is 20.3 Å². The minimum Gasteiger partial charge on any atom is -0.354 e. The van der Waals surface area contributed by atoms with Crippen LogP contribution in [0.25, 0.3) is 0 Å². The molecule has 1 N–H and O–H groups in total. The molecule has 2 fully saturated rings. The van der Waals surface area contributed by atoms with E-state index >= 15 is 0 Å². The Balaban J connectivity index is 1.59. The van der Waals surface area contributed by atoms with Crippen LogP contribution in [0.5, 0.6) is 0 Å². The Morgan fingerprint density at radius 2 is 1.87 bits per heavy atom. The molecule has 0 aliphatic carbocycles. The highest BCUT2D eigenvalue weighted by Gasteiger charge is 2.33. The van der Waals surface area contributed by atoms with Gasteiger partial charge in [0, 0.05) is 25.0 Å². The normalized spacial score (nSPS) is 26.7. The summed E-state index contributed by atoms with van der Waals surface area (Å²) in [5, 5.41) is 3.27. The summed E-state index contributed by atoms with van der Waals surface area (Å²) in [6, 6.07) is 4.57. The average Bonchev–Trinajstić information content (AvgIpc) is 3.06. The second-order valence-corrected chi connectivity index (χ2v) is 7.57. The van der Waals surface area contributed by atoms with Gasteiger partial charge in [-0.15, -0.1) is 0 Å². The smallest absolute Gasteiger partial charge is 0.243 e. The molecule has 2 saturated heterocycles. The molecular weight excluding hydrogens is 286 g/mol. The van der Waals surface area contributed by atoms with Crippen molar-refractivity contribution in [3.63, 3.8) is 0 Å².